The number of ether oxygens (including phenoxy) is 2. The van der Waals surface area contributed by atoms with Gasteiger partial charge in [0.1, 0.15) is 5.75 Å². The van der Waals surface area contributed by atoms with Gasteiger partial charge in [-0.3, -0.25) is 24.1 Å². The summed E-state index contributed by atoms with van der Waals surface area (Å²) >= 11 is 2.82. The van der Waals surface area contributed by atoms with Crippen molar-refractivity contribution >= 4 is 58.2 Å². The number of aromatic nitrogens is 1. The fraction of sp³-hybridized carbons (Fsp3) is 0.324. The first kappa shape index (κ1) is 31.6. The van der Waals surface area contributed by atoms with Gasteiger partial charge in [-0.05, 0) is 97.7 Å². The van der Waals surface area contributed by atoms with Gasteiger partial charge in [0.15, 0.2) is 6.61 Å². The van der Waals surface area contributed by atoms with E-state index in [0.717, 1.165) is 27.5 Å². The average molecular weight is 696 g/mol. The van der Waals surface area contributed by atoms with Crippen molar-refractivity contribution in [3.63, 3.8) is 0 Å². The van der Waals surface area contributed by atoms with E-state index < -0.39 is 17.8 Å². The highest BCUT2D eigenvalue weighted by Crippen LogP contribution is 2.68. The van der Waals surface area contributed by atoms with Gasteiger partial charge in [0.25, 0.3) is 5.91 Å². The second-order valence-electron chi connectivity index (χ2n) is 13.0. The molecule has 49 heavy (non-hydrogen) atoms. The predicted molar refractivity (Wildman–Crippen MR) is 185 cm³/mol. The fourth-order valence-electron chi connectivity index (χ4n) is 8.47. The van der Waals surface area contributed by atoms with Gasteiger partial charge in [0, 0.05) is 21.7 Å². The fourth-order valence-corrected chi connectivity index (χ4v) is 11.4. The highest BCUT2D eigenvalue weighted by molar-refractivity contribution is 8.00. The molecule has 2 saturated carbocycles. The van der Waals surface area contributed by atoms with E-state index in [4.69, 9.17) is 9.47 Å². The lowest BCUT2D eigenvalue weighted by molar-refractivity contribution is -0.123. The molecule has 0 radical (unpaired) electrons. The van der Waals surface area contributed by atoms with Gasteiger partial charge < -0.3 is 19.8 Å². The number of thiazole rings is 1. The van der Waals surface area contributed by atoms with Crippen LogP contribution in [0.3, 0.4) is 0 Å². The summed E-state index contributed by atoms with van der Waals surface area (Å²) < 4.78 is 11.0. The summed E-state index contributed by atoms with van der Waals surface area (Å²) in [6.07, 6.45) is 0.760. The maximum atomic E-state index is 14.1. The minimum absolute atomic E-state index is 0.0120. The normalized spacial score (nSPS) is 26.2. The van der Waals surface area contributed by atoms with Crippen molar-refractivity contribution in [3.05, 3.63) is 104 Å². The Hall–Kier alpha value is -4.68. The van der Waals surface area contributed by atoms with Crippen LogP contribution in [-0.4, -0.2) is 47.1 Å². The number of esters is 1. The van der Waals surface area contributed by atoms with E-state index in [1.165, 1.54) is 16.2 Å². The number of imide groups is 1. The van der Waals surface area contributed by atoms with Crippen LogP contribution in [-0.2, 0) is 19.1 Å². The number of hydrogen-bond acceptors (Lipinski definition) is 9. The Morgan fingerprint density at radius 1 is 0.959 bits per heavy atom. The monoisotopic (exact) mass is 695 g/mol. The van der Waals surface area contributed by atoms with Crippen molar-refractivity contribution in [2.24, 2.45) is 29.6 Å². The molecule has 4 aromatic rings. The number of aryl methyl sites for hydroxylation is 1. The number of carbonyl (C=O) groups excluding carboxylic acids is 4. The molecule has 1 saturated heterocycles. The van der Waals surface area contributed by atoms with Crippen LogP contribution in [0.2, 0.25) is 0 Å². The quantitative estimate of drug-likeness (QED) is 0.179. The van der Waals surface area contributed by atoms with Gasteiger partial charge in [-0.15, -0.1) is 11.8 Å². The molecule has 2 bridgehead atoms. The Morgan fingerprint density at radius 2 is 1.71 bits per heavy atom. The molecule has 3 heterocycles. The summed E-state index contributed by atoms with van der Waals surface area (Å²) in [5, 5.41) is 3.71. The third kappa shape index (κ3) is 5.37. The van der Waals surface area contributed by atoms with Gasteiger partial charge in [0.2, 0.25) is 11.8 Å². The minimum atomic E-state index is -0.464. The van der Waals surface area contributed by atoms with Crippen LogP contribution in [0, 0.1) is 36.5 Å². The molecule has 4 aliphatic rings. The first-order valence-corrected chi connectivity index (χ1v) is 18.1. The van der Waals surface area contributed by atoms with Gasteiger partial charge in [-0.25, -0.2) is 4.79 Å². The summed E-state index contributed by atoms with van der Waals surface area (Å²) in [5.41, 5.74) is 3.48. The Kier molecular flexibility index (Phi) is 7.95. The van der Waals surface area contributed by atoms with Crippen molar-refractivity contribution in [2.75, 3.05) is 23.4 Å². The number of nitrogens with one attached hydrogen (secondary N) is 2. The van der Waals surface area contributed by atoms with Crippen molar-refractivity contribution in [3.8, 4) is 5.75 Å². The number of fused-ring (bicyclic) bond motifs is 9. The molecule has 3 amide bonds. The molecular formula is C37H33N3O7S2. The number of thioether (sulfide) groups is 1. The molecule has 8 rings (SSSR count). The van der Waals surface area contributed by atoms with E-state index in [1.807, 2.05) is 49.4 Å². The van der Waals surface area contributed by atoms with Crippen LogP contribution >= 0.6 is 23.1 Å². The zero-order chi connectivity index (χ0) is 34.0. The molecule has 2 aliphatic carbocycles. The van der Waals surface area contributed by atoms with Crippen LogP contribution in [0.4, 0.5) is 11.4 Å². The van der Waals surface area contributed by atoms with Crippen molar-refractivity contribution < 1.29 is 28.7 Å². The van der Waals surface area contributed by atoms with E-state index in [-0.39, 0.29) is 64.7 Å². The van der Waals surface area contributed by atoms with Crippen LogP contribution in [0.5, 0.6) is 5.75 Å². The predicted octanol–water partition coefficient (Wildman–Crippen LogP) is 5.62. The van der Waals surface area contributed by atoms with Crippen molar-refractivity contribution in [1.82, 2.24) is 4.98 Å². The molecule has 1 aromatic heterocycles. The molecule has 12 heteroatoms. The lowest BCUT2D eigenvalue weighted by atomic mass is 9.68. The van der Waals surface area contributed by atoms with Gasteiger partial charge >= 0.3 is 10.8 Å². The summed E-state index contributed by atoms with van der Waals surface area (Å²) in [4.78, 5) is 70.8. The van der Waals surface area contributed by atoms with Gasteiger partial charge in [-0.1, -0.05) is 35.6 Å². The number of carbonyl (C=O) groups is 4. The lowest BCUT2D eigenvalue weighted by Gasteiger charge is -2.43. The molecule has 0 unspecified atom stereocenters. The molecular weight excluding hydrogens is 663 g/mol. The van der Waals surface area contributed by atoms with Gasteiger partial charge in [-0.2, -0.15) is 0 Å². The van der Waals surface area contributed by atoms with Crippen LogP contribution in [0.1, 0.15) is 45.6 Å². The second-order valence-corrected chi connectivity index (χ2v) is 15.2. The highest BCUT2D eigenvalue weighted by atomic mass is 32.2. The highest BCUT2D eigenvalue weighted by Gasteiger charge is 2.69. The third-order valence-corrected chi connectivity index (χ3v) is 12.8. The maximum absolute atomic E-state index is 14.1. The molecule has 0 spiro atoms. The average Bonchev–Trinajstić information content (AvgIpc) is 3.83. The van der Waals surface area contributed by atoms with Crippen molar-refractivity contribution in [1.29, 1.82) is 0 Å². The number of rotatable bonds is 8. The summed E-state index contributed by atoms with van der Waals surface area (Å²) in [6, 6.07) is 21.6. The first-order valence-electron chi connectivity index (χ1n) is 16.4. The van der Waals surface area contributed by atoms with E-state index in [2.05, 4.69) is 10.3 Å². The second kappa shape index (κ2) is 12.3. The van der Waals surface area contributed by atoms with E-state index in [1.54, 1.807) is 49.0 Å². The summed E-state index contributed by atoms with van der Waals surface area (Å²) in [7, 11) is 0. The number of nitrogens with zero attached hydrogens (tertiary/aromatic N) is 1. The van der Waals surface area contributed by atoms with E-state index in [0.29, 0.717) is 22.7 Å². The largest absolute Gasteiger partial charge is 0.484 e. The number of aromatic amines is 1. The Labute approximate surface area is 290 Å². The SMILES string of the molecule is CCOC(=O)c1ccc(N2C(=O)[C@H]3[C@H]4C[C@@H]([C@@H]3C2=O)[C@@H]2[C@H](c3cccc(OCC(=O)Nc5cccc(C)c5)c3)c3sc(=O)[nH]c3S[C@H]42)cc1. The maximum Gasteiger partial charge on any atom is 0.338 e. The molecule has 250 valence electrons. The molecule has 3 fully saturated rings. The number of amides is 3. The van der Waals surface area contributed by atoms with Crippen LogP contribution in [0.25, 0.3) is 0 Å². The summed E-state index contributed by atoms with van der Waals surface area (Å²) in [5.74, 6) is -1.79. The Bertz CT molecular complexity index is 2060. The van der Waals surface area contributed by atoms with Crippen LogP contribution < -0.4 is 19.8 Å². The topological polar surface area (TPSA) is 135 Å². The molecule has 2 aliphatic heterocycles. The molecule has 3 aromatic carbocycles. The zero-order valence-corrected chi connectivity index (χ0v) is 28.3. The van der Waals surface area contributed by atoms with E-state index >= 15 is 0 Å². The zero-order valence-electron chi connectivity index (χ0n) is 26.7. The number of hydrogen-bond donors (Lipinski definition) is 2. The van der Waals surface area contributed by atoms with Gasteiger partial charge in [0.05, 0.1) is 34.7 Å². The number of anilines is 2. The first-order chi connectivity index (χ1) is 23.7. The number of benzene rings is 3. The summed E-state index contributed by atoms with van der Waals surface area (Å²) in [6.45, 7) is 3.77. The van der Waals surface area contributed by atoms with Crippen LogP contribution in [0.15, 0.2) is 82.6 Å². The molecule has 7 atom stereocenters. The Morgan fingerprint density at radius 3 is 2.47 bits per heavy atom. The smallest absolute Gasteiger partial charge is 0.338 e. The van der Waals surface area contributed by atoms with Crippen molar-refractivity contribution in [2.45, 2.75) is 36.5 Å². The minimum Gasteiger partial charge on any atom is -0.484 e. The molecule has 10 nitrogen and oxygen atoms in total. The number of H-pyrrole nitrogens is 1. The standard InChI is InChI=1S/C37H33N3O7S2/c1-3-46-36(44)19-10-12-22(13-11-19)40-34(42)29-24-16-25(30(29)35(40)43)31-28(24)27(32-33(48-31)39-37(45)49-32)20-7-5-9-23(15-20)47-17-26(41)38-21-8-4-6-18(2)14-21/h4-15,24-25,27-31H,3,16-17H2,1-2H3,(H,38,41)(H,39,45)/t24-,25-,27+,28-,29+,30+,31-/m1/s1. The molecule has 2 N–H and O–H groups in total. The Balaban J connectivity index is 1.06. The lowest BCUT2D eigenvalue weighted by Crippen LogP contribution is -2.42. The third-order valence-electron chi connectivity index (χ3n) is 10.2. The van der Waals surface area contributed by atoms with E-state index in [9.17, 15) is 24.0 Å².